The predicted octanol–water partition coefficient (Wildman–Crippen LogP) is 5.23. The maximum atomic E-state index is 5.67. The second kappa shape index (κ2) is 5.43. The van der Waals surface area contributed by atoms with Gasteiger partial charge in [-0.2, -0.15) is 0 Å². The molecule has 3 rings (SSSR count). The van der Waals surface area contributed by atoms with Gasteiger partial charge in [0.15, 0.2) is 0 Å². The first kappa shape index (κ1) is 12.2. The van der Waals surface area contributed by atoms with Crippen LogP contribution in [0, 0.1) is 0 Å². The van der Waals surface area contributed by atoms with Crippen molar-refractivity contribution in [3.8, 4) is 9.75 Å². The molecule has 19 heavy (non-hydrogen) atoms. The normalized spacial score (nSPS) is 11.2. The zero-order chi connectivity index (χ0) is 13.1. The summed E-state index contributed by atoms with van der Waals surface area (Å²) in [5.74, 6) is 0. The number of anilines is 1. The molecule has 2 N–H and O–H groups in total. The molecule has 0 radical (unpaired) electrons. The van der Waals surface area contributed by atoms with Crippen molar-refractivity contribution in [3.63, 3.8) is 0 Å². The van der Waals surface area contributed by atoms with Crippen molar-refractivity contribution in [2.75, 3.05) is 5.73 Å². The van der Waals surface area contributed by atoms with Gasteiger partial charge in [-0.1, -0.05) is 24.3 Å². The SMILES string of the molecule is Nc1ccc(/C=C/c2ccc(-c3cccs3)s2)cc1. The molecule has 0 fully saturated rings. The second-order valence-electron chi connectivity index (χ2n) is 4.18. The number of rotatable bonds is 3. The zero-order valence-corrected chi connectivity index (χ0v) is 11.9. The Morgan fingerprint density at radius 2 is 1.68 bits per heavy atom. The van der Waals surface area contributed by atoms with Crippen LogP contribution in [0.1, 0.15) is 10.4 Å². The van der Waals surface area contributed by atoms with Crippen LogP contribution in [-0.4, -0.2) is 0 Å². The molecule has 0 saturated heterocycles. The maximum Gasteiger partial charge on any atom is 0.0448 e. The predicted molar refractivity (Wildman–Crippen MR) is 87.4 cm³/mol. The van der Waals surface area contributed by atoms with Gasteiger partial charge in [0.2, 0.25) is 0 Å². The van der Waals surface area contributed by atoms with E-state index < -0.39 is 0 Å². The van der Waals surface area contributed by atoms with Gasteiger partial charge in [-0.25, -0.2) is 0 Å². The van der Waals surface area contributed by atoms with Crippen LogP contribution in [-0.2, 0) is 0 Å². The molecule has 1 aromatic carbocycles. The van der Waals surface area contributed by atoms with Crippen molar-refractivity contribution in [2.24, 2.45) is 0 Å². The van der Waals surface area contributed by atoms with Crippen molar-refractivity contribution in [2.45, 2.75) is 0 Å². The fourth-order valence-electron chi connectivity index (χ4n) is 1.78. The lowest BCUT2D eigenvalue weighted by Gasteiger charge is -1.94. The van der Waals surface area contributed by atoms with Crippen LogP contribution in [0.2, 0.25) is 0 Å². The summed E-state index contributed by atoms with van der Waals surface area (Å²) in [7, 11) is 0. The second-order valence-corrected chi connectivity index (χ2v) is 6.24. The topological polar surface area (TPSA) is 26.0 Å². The summed E-state index contributed by atoms with van der Waals surface area (Å²) in [6.45, 7) is 0. The molecule has 1 nitrogen and oxygen atoms in total. The summed E-state index contributed by atoms with van der Waals surface area (Å²) in [4.78, 5) is 3.92. The highest BCUT2D eigenvalue weighted by Crippen LogP contribution is 2.32. The minimum atomic E-state index is 0.799. The van der Waals surface area contributed by atoms with E-state index in [9.17, 15) is 0 Å². The molecule has 0 aliphatic heterocycles. The molecule has 0 spiro atoms. The molecular weight excluding hydrogens is 270 g/mol. The van der Waals surface area contributed by atoms with E-state index in [-0.39, 0.29) is 0 Å². The van der Waals surface area contributed by atoms with E-state index in [1.165, 1.54) is 20.2 Å². The Morgan fingerprint density at radius 1 is 0.842 bits per heavy atom. The Hall–Kier alpha value is -1.84. The van der Waals surface area contributed by atoms with Crippen molar-refractivity contribution in [1.82, 2.24) is 0 Å². The molecule has 2 heterocycles. The molecule has 0 aliphatic rings. The van der Waals surface area contributed by atoms with Crippen molar-refractivity contribution in [1.29, 1.82) is 0 Å². The third kappa shape index (κ3) is 2.95. The van der Waals surface area contributed by atoms with Crippen LogP contribution in [0.4, 0.5) is 5.69 Å². The van der Waals surface area contributed by atoms with Gasteiger partial charge in [0, 0.05) is 20.3 Å². The monoisotopic (exact) mass is 283 g/mol. The highest BCUT2D eigenvalue weighted by molar-refractivity contribution is 7.21. The molecule has 3 aromatic rings. The highest BCUT2D eigenvalue weighted by Gasteiger charge is 2.01. The Morgan fingerprint density at radius 3 is 2.42 bits per heavy atom. The molecule has 0 aliphatic carbocycles. The van der Waals surface area contributed by atoms with Gasteiger partial charge in [0.05, 0.1) is 0 Å². The molecule has 0 bridgehead atoms. The van der Waals surface area contributed by atoms with Crippen molar-refractivity contribution < 1.29 is 0 Å². The van der Waals surface area contributed by atoms with Crippen molar-refractivity contribution in [3.05, 3.63) is 64.4 Å². The smallest absolute Gasteiger partial charge is 0.0448 e. The summed E-state index contributed by atoms with van der Waals surface area (Å²) < 4.78 is 0. The molecule has 0 atom stereocenters. The fourth-order valence-corrected chi connectivity index (χ4v) is 3.52. The number of hydrogen-bond acceptors (Lipinski definition) is 3. The third-order valence-corrected chi connectivity index (χ3v) is 4.88. The van der Waals surface area contributed by atoms with Gasteiger partial charge in [-0.15, -0.1) is 22.7 Å². The molecule has 94 valence electrons. The summed E-state index contributed by atoms with van der Waals surface area (Å²) in [5.41, 5.74) is 7.64. The lowest BCUT2D eigenvalue weighted by atomic mass is 10.2. The average molecular weight is 283 g/mol. The van der Waals surface area contributed by atoms with E-state index >= 15 is 0 Å². The van der Waals surface area contributed by atoms with Gasteiger partial charge in [-0.05, 0) is 47.4 Å². The van der Waals surface area contributed by atoms with Crippen LogP contribution in [0.25, 0.3) is 21.9 Å². The van der Waals surface area contributed by atoms with Gasteiger partial charge in [0.1, 0.15) is 0 Å². The molecule has 0 amide bonds. The number of hydrogen-bond donors (Lipinski definition) is 1. The van der Waals surface area contributed by atoms with Crippen molar-refractivity contribution >= 4 is 40.5 Å². The van der Waals surface area contributed by atoms with Crippen LogP contribution >= 0.6 is 22.7 Å². The number of thiophene rings is 2. The van der Waals surface area contributed by atoms with Crippen LogP contribution in [0.5, 0.6) is 0 Å². The third-order valence-electron chi connectivity index (χ3n) is 2.77. The quantitative estimate of drug-likeness (QED) is 0.654. The summed E-state index contributed by atoms with van der Waals surface area (Å²) in [6.07, 6.45) is 4.26. The largest absolute Gasteiger partial charge is 0.399 e. The van der Waals surface area contributed by atoms with Gasteiger partial charge >= 0.3 is 0 Å². The van der Waals surface area contributed by atoms with Gasteiger partial charge in [-0.3, -0.25) is 0 Å². The molecule has 0 saturated carbocycles. The summed E-state index contributed by atoms with van der Waals surface area (Å²) >= 11 is 3.59. The van der Waals surface area contributed by atoms with E-state index in [0.29, 0.717) is 0 Å². The van der Waals surface area contributed by atoms with Crippen LogP contribution < -0.4 is 5.73 Å². The number of nitrogens with two attached hydrogens (primary N) is 1. The van der Waals surface area contributed by atoms with Crippen LogP contribution in [0.3, 0.4) is 0 Å². The molecule has 2 aromatic heterocycles. The van der Waals surface area contributed by atoms with Gasteiger partial charge < -0.3 is 5.73 Å². The molecule has 0 unspecified atom stereocenters. The number of benzene rings is 1. The Balaban J connectivity index is 1.78. The first-order valence-electron chi connectivity index (χ1n) is 5.98. The fraction of sp³-hybridized carbons (Fsp3) is 0. The summed E-state index contributed by atoms with van der Waals surface area (Å²) in [6, 6.07) is 16.5. The number of nitrogen functional groups attached to an aromatic ring is 1. The maximum absolute atomic E-state index is 5.67. The van der Waals surface area contributed by atoms with E-state index in [2.05, 4.69) is 41.8 Å². The van der Waals surface area contributed by atoms with E-state index in [1.807, 2.05) is 35.6 Å². The Labute approximate surface area is 120 Å². The minimum absolute atomic E-state index is 0.799. The average Bonchev–Trinajstić information content (AvgIpc) is 3.09. The van der Waals surface area contributed by atoms with E-state index in [4.69, 9.17) is 5.73 Å². The van der Waals surface area contributed by atoms with Crippen LogP contribution in [0.15, 0.2) is 53.9 Å². The molecule has 3 heteroatoms. The zero-order valence-electron chi connectivity index (χ0n) is 10.2. The van der Waals surface area contributed by atoms with E-state index in [0.717, 1.165) is 5.69 Å². The van der Waals surface area contributed by atoms with E-state index in [1.54, 1.807) is 11.3 Å². The lowest BCUT2D eigenvalue weighted by molar-refractivity contribution is 1.65. The first-order chi connectivity index (χ1) is 9.31. The standard InChI is InChI=1S/C16H13NS2/c17-13-6-3-12(4-7-13)5-8-14-9-10-16(19-14)15-2-1-11-18-15/h1-11H,17H2/b8-5+. The minimum Gasteiger partial charge on any atom is -0.399 e. The highest BCUT2D eigenvalue weighted by atomic mass is 32.1. The first-order valence-corrected chi connectivity index (χ1v) is 7.68. The Kier molecular flexibility index (Phi) is 3.49. The summed E-state index contributed by atoms with van der Waals surface area (Å²) in [5, 5.41) is 2.11. The lowest BCUT2D eigenvalue weighted by Crippen LogP contribution is -1.82. The van der Waals surface area contributed by atoms with Gasteiger partial charge in [0.25, 0.3) is 0 Å². The molecular formula is C16H13NS2. The Bertz CT molecular complexity index is 676.